The number of amides is 1. The molecule has 25 heavy (non-hydrogen) atoms. The molecule has 1 aromatic heterocycles. The van der Waals surface area contributed by atoms with Crippen LogP contribution in [0.1, 0.15) is 18.9 Å². The van der Waals surface area contributed by atoms with Crippen molar-refractivity contribution in [1.82, 2.24) is 14.5 Å². The van der Waals surface area contributed by atoms with Gasteiger partial charge in [-0.25, -0.2) is 4.98 Å². The molecule has 1 aliphatic heterocycles. The molecular formula is C20H21N3OS. The van der Waals surface area contributed by atoms with Gasteiger partial charge in [-0.05, 0) is 30.7 Å². The first-order valence-corrected chi connectivity index (χ1v) is 9.67. The van der Waals surface area contributed by atoms with Crippen molar-refractivity contribution in [1.29, 1.82) is 0 Å². The second-order valence-electron chi connectivity index (χ2n) is 6.33. The van der Waals surface area contributed by atoms with E-state index in [1.165, 1.54) is 4.90 Å². The largest absolute Gasteiger partial charge is 0.341 e. The Hall–Kier alpha value is -2.27. The molecule has 4 nitrogen and oxygen atoms in total. The van der Waals surface area contributed by atoms with Crippen LogP contribution in [0.15, 0.2) is 65.8 Å². The van der Waals surface area contributed by atoms with Crippen LogP contribution < -0.4 is 0 Å². The Morgan fingerprint density at radius 3 is 2.80 bits per heavy atom. The number of para-hydroxylation sites is 2. The predicted molar refractivity (Wildman–Crippen MR) is 102 cm³/mol. The van der Waals surface area contributed by atoms with Crippen LogP contribution in [-0.2, 0) is 4.79 Å². The lowest BCUT2D eigenvalue weighted by Crippen LogP contribution is -2.29. The summed E-state index contributed by atoms with van der Waals surface area (Å²) in [7, 11) is 0. The maximum absolute atomic E-state index is 12.5. The standard InChI is InChI=1S/C20H21N3OS/c24-20(11-13-25-17-6-2-1-3-7-17)22-12-10-16(14-22)23-15-21-18-8-4-5-9-19(18)23/h1-9,15-16H,10-14H2/t16-/m1/s1. The molecule has 1 aliphatic rings. The molecule has 0 saturated carbocycles. The molecule has 0 radical (unpaired) electrons. The number of hydrogen-bond donors (Lipinski definition) is 0. The molecule has 4 rings (SSSR count). The van der Waals surface area contributed by atoms with E-state index in [0.29, 0.717) is 12.5 Å². The van der Waals surface area contributed by atoms with Gasteiger partial charge in [0.05, 0.1) is 23.4 Å². The fraction of sp³-hybridized carbons (Fsp3) is 0.300. The lowest BCUT2D eigenvalue weighted by molar-refractivity contribution is -0.129. The number of likely N-dealkylation sites (tertiary alicyclic amines) is 1. The van der Waals surface area contributed by atoms with Gasteiger partial charge in [0.25, 0.3) is 0 Å². The third-order valence-corrected chi connectivity index (χ3v) is 5.73. The van der Waals surface area contributed by atoms with Crippen LogP contribution in [0.2, 0.25) is 0 Å². The van der Waals surface area contributed by atoms with Gasteiger partial charge < -0.3 is 9.47 Å². The van der Waals surface area contributed by atoms with Gasteiger partial charge in [0, 0.05) is 30.2 Å². The van der Waals surface area contributed by atoms with Crippen molar-refractivity contribution < 1.29 is 4.79 Å². The lowest BCUT2D eigenvalue weighted by Gasteiger charge is -2.17. The molecule has 1 fully saturated rings. The highest BCUT2D eigenvalue weighted by Crippen LogP contribution is 2.26. The fourth-order valence-electron chi connectivity index (χ4n) is 3.40. The molecular weight excluding hydrogens is 330 g/mol. The van der Waals surface area contributed by atoms with Crippen LogP contribution in [0.4, 0.5) is 0 Å². The normalized spacial score (nSPS) is 17.3. The van der Waals surface area contributed by atoms with E-state index < -0.39 is 0 Å². The number of benzene rings is 2. The second kappa shape index (κ2) is 7.31. The number of imidazole rings is 1. The zero-order valence-corrected chi connectivity index (χ0v) is 14.9. The predicted octanol–water partition coefficient (Wildman–Crippen LogP) is 3.99. The van der Waals surface area contributed by atoms with Gasteiger partial charge in [-0.15, -0.1) is 11.8 Å². The molecule has 0 N–H and O–H groups in total. The van der Waals surface area contributed by atoms with Crippen LogP contribution >= 0.6 is 11.8 Å². The summed E-state index contributed by atoms with van der Waals surface area (Å²) >= 11 is 1.75. The number of thioether (sulfide) groups is 1. The second-order valence-corrected chi connectivity index (χ2v) is 7.50. The minimum atomic E-state index is 0.260. The maximum atomic E-state index is 12.5. The summed E-state index contributed by atoms with van der Waals surface area (Å²) in [6.45, 7) is 1.63. The number of fused-ring (bicyclic) bond motifs is 1. The van der Waals surface area contributed by atoms with Crippen LogP contribution in [0, 0.1) is 0 Å². The van der Waals surface area contributed by atoms with Gasteiger partial charge in [0.15, 0.2) is 0 Å². The average Bonchev–Trinajstić information content (AvgIpc) is 3.29. The summed E-state index contributed by atoms with van der Waals surface area (Å²) in [5.74, 6) is 1.09. The Morgan fingerprint density at radius 1 is 1.12 bits per heavy atom. The maximum Gasteiger partial charge on any atom is 0.223 e. The third kappa shape index (κ3) is 3.56. The number of hydrogen-bond acceptors (Lipinski definition) is 3. The number of carbonyl (C=O) groups is 1. The summed E-state index contributed by atoms with van der Waals surface area (Å²) in [5.41, 5.74) is 2.17. The average molecular weight is 351 g/mol. The molecule has 2 heterocycles. The first-order chi connectivity index (χ1) is 12.3. The van der Waals surface area contributed by atoms with Crippen molar-refractivity contribution in [3.05, 3.63) is 60.9 Å². The van der Waals surface area contributed by atoms with E-state index in [1.54, 1.807) is 11.8 Å². The van der Waals surface area contributed by atoms with E-state index in [-0.39, 0.29) is 5.91 Å². The van der Waals surface area contributed by atoms with Crippen molar-refractivity contribution in [2.24, 2.45) is 0 Å². The van der Waals surface area contributed by atoms with Gasteiger partial charge >= 0.3 is 0 Å². The molecule has 5 heteroatoms. The highest BCUT2D eigenvalue weighted by molar-refractivity contribution is 7.99. The third-order valence-electron chi connectivity index (χ3n) is 4.72. The minimum Gasteiger partial charge on any atom is -0.341 e. The van der Waals surface area contributed by atoms with Crippen molar-refractivity contribution >= 4 is 28.7 Å². The molecule has 128 valence electrons. The monoisotopic (exact) mass is 351 g/mol. The van der Waals surface area contributed by atoms with E-state index in [0.717, 1.165) is 36.3 Å². The zero-order chi connectivity index (χ0) is 17.1. The van der Waals surface area contributed by atoms with Crippen LogP contribution in [0.3, 0.4) is 0 Å². The Kier molecular flexibility index (Phi) is 4.74. The number of nitrogens with zero attached hydrogens (tertiary/aromatic N) is 3. The molecule has 0 aliphatic carbocycles. The van der Waals surface area contributed by atoms with Gasteiger partial charge in [-0.2, -0.15) is 0 Å². The highest BCUT2D eigenvalue weighted by Gasteiger charge is 2.27. The van der Waals surface area contributed by atoms with Crippen LogP contribution in [-0.4, -0.2) is 39.2 Å². The quantitative estimate of drug-likeness (QED) is 0.652. The highest BCUT2D eigenvalue weighted by atomic mass is 32.2. The number of aromatic nitrogens is 2. The van der Waals surface area contributed by atoms with E-state index in [2.05, 4.69) is 27.8 Å². The summed E-state index contributed by atoms with van der Waals surface area (Å²) in [5, 5.41) is 0. The Morgan fingerprint density at radius 2 is 1.92 bits per heavy atom. The van der Waals surface area contributed by atoms with E-state index in [1.807, 2.05) is 47.6 Å². The molecule has 1 saturated heterocycles. The zero-order valence-electron chi connectivity index (χ0n) is 14.0. The van der Waals surface area contributed by atoms with Crippen LogP contribution in [0.25, 0.3) is 11.0 Å². The summed E-state index contributed by atoms with van der Waals surface area (Å²) in [6, 6.07) is 18.8. The first-order valence-electron chi connectivity index (χ1n) is 8.68. The lowest BCUT2D eigenvalue weighted by atomic mass is 10.2. The van der Waals surface area contributed by atoms with Gasteiger partial charge in [-0.3, -0.25) is 4.79 Å². The SMILES string of the molecule is O=C(CCSc1ccccc1)N1CC[C@@H](n2cnc3ccccc32)C1. The van der Waals surface area contributed by atoms with Gasteiger partial charge in [0.2, 0.25) is 5.91 Å². The molecule has 3 aromatic rings. The van der Waals surface area contributed by atoms with Crippen molar-refractivity contribution in [2.75, 3.05) is 18.8 Å². The number of carbonyl (C=O) groups excluding carboxylic acids is 1. The Bertz CT molecular complexity index is 862. The summed E-state index contributed by atoms with van der Waals surface area (Å²) < 4.78 is 2.22. The summed E-state index contributed by atoms with van der Waals surface area (Å²) in [6.07, 6.45) is 3.50. The summed E-state index contributed by atoms with van der Waals surface area (Å²) in [4.78, 5) is 20.2. The van der Waals surface area contributed by atoms with E-state index in [9.17, 15) is 4.79 Å². The van der Waals surface area contributed by atoms with Gasteiger partial charge in [0.1, 0.15) is 0 Å². The van der Waals surface area contributed by atoms with E-state index >= 15 is 0 Å². The topological polar surface area (TPSA) is 38.1 Å². The van der Waals surface area contributed by atoms with Gasteiger partial charge in [-0.1, -0.05) is 30.3 Å². The molecule has 0 unspecified atom stereocenters. The minimum absolute atomic E-state index is 0.260. The van der Waals surface area contributed by atoms with E-state index in [4.69, 9.17) is 0 Å². The molecule has 0 bridgehead atoms. The Balaban J connectivity index is 1.33. The Labute approximate surface area is 151 Å². The fourth-order valence-corrected chi connectivity index (χ4v) is 4.26. The van der Waals surface area contributed by atoms with Crippen molar-refractivity contribution in [3.8, 4) is 0 Å². The van der Waals surface area contributed by atoms with Crippen molar-refractivity contribution in [2.45, 2.75) is 23.8 Å². The van der Waals surface area contributed by atoms with Crippen LogP contribution in [0.5, 0.6) is 0 Å². The first kappa shape index (κ1) is 16.2. The molecule has 2 aromatic carbocycles. The number of rotatable bonds is 5. The van der Waals surface area contributed by atoms with Crippen molar-refractivity contribution in [3.63, 3.8) is 0 Å². The molecule has 1 atom stereocenters. The smallest absolute Gasteiger partial charge is 0.223 e. The molecule has 1 amide bonds. The molecule has 0 spiro atoms.